The number of hydrogen-bond acceptors (Lipinski definition) is 2. The number of fused-ring (bicyclic) bond motifs is 2. The van der Waals surface area contributed by atoms with Gasteiger partial charge in [-0.05, 0) is 54.3 Å². The number of hydrogen-bond donors (Lipinski definition) is 1. The molecule has 0 saturated heterocycles. The summed E-state index contributed by atoms with van der Waals surface area (Å²) < 4.78 is 13.8. The van der Waals surface area contributed by atoms with E-state index in [4.69, 9.17) is 0 Å². The summed E-state index contributed by atoms with van der Waals surface area (Å²) in [6.07, 6.45) is 3.52. The van der Waals surface area contributed by atoms with Gasteiger partial charge in [0.05, 0.1) is 11.6 Å². The largest absolute Gasteiger partial charge is 0.378 e. The van der Waals surface area contributed by atoms with Gasteiger partial charge >= 0.3 is 0 Å². The molecule has 2 nitrogen and oxygen atoms in total. The van der Waals surface area contributed by atoms with Gasteiger partial charge in [-0.2, -0.15) is 0 Å². The number of nitrogens with zero attached hydrogens (tertiary/aromatic N) is 1. The summed E-state index contributed by atoms with van der Waals surface area (Å²) in [7, 11) is 0. The molecule has 0 bridgehead atoms. The molecule has 0 amide bonds. The van der Waals surface area contributed by atoms with Crippen molar-refractivity contribution in [2.75, 3.05) is 5.32 Å². The molecule has 1 aliphatic carbocycles. The topological polar surface area (TPSA) is 24.9 Å². The second-order valence-corrected chi connectivity index (χ2v) is 5.42. The Morgan fingerprint density at radius 1 is 1.05 bits per heavy atom. The van der Waals surface area contributed by atoms with Crippen LogP contribution in [-0.2, 0) is 6.42 Å². The first-order valence-corrected chi connectivity index (χ1v) is 7.20. The quantitative estimate of drug-likeness (QED) is 0.748. The number of nitrogens with one attached hydrogen (secondary N) is 1. The van der Waals surface area contributed by atoms with Crippen LogP contribution in [0.1, 0.15) is 23.6 Å². The molecule has 1 aliphatic rings. The van der Waals surface area contributed by atoms with Crippen molar-refractivity contribution in [2.24, 2.45) is 0 Å². The molecule has 1 N–H and O–H groups in total. The number of benzene rings is 2. The van der Waals surface area contributed by atoms with E-state index in [1.807, 2.05) is 24.3 Å². The lowest BCUT2D eigenvalue weighted by molar-refractivity contribution is 0.612. The Labute approximate surface area is 122 Å². The van der Waals surface area contributed by atoms with Crippen LogP contribution in [0.25, 0.3) is 10.9 Å². The van der Waals surface area contributed by atoms with E-state index in [0.29, 0.717) is 0 Å². The van der Waals surface area contributed by atoms with Crippen LogP contribution in [-0.4, -0.2) is 4.98 Å². The molecule has 0 fully saturated rings. The van der Waals surface area contributed by atoms with Gasteiger partial charge in [-0.1, -0.05) is 18.2 Å². The Bertz CT molecular complexity index is 808. The predicted octanol–water partition coefficient (Wildman–Crippen LogP) is 4.47. The van der Waals surface area contributed by atoms with E-state index in [2.05, 4.69) is 22.4 Å². The zero-order chi connectivity index (χ0) is 14.2. The van der Waals surface area contributed by atoms with Crippen LogP contribution in [0.5, 0.6) is 0 Å². The summed E-state index contributed by atoms with van der Waals surface area (Å²) in [5.41, 5.74) is 3.96. The zero-order valence-corrected chi connectivity index (χ0v) is 11.5. The van der Waals surface area contributed by atoms with Crippen molar-refractivity contribution in [2.45, 2.75) is 18.9 Å². The van der Waals surface area contributed by atoms with Gasteiger partial charge < -0.3 is 5.32 Å². The number of anilines is 1. The maximum Gasteiger partial charge on any atom is 0.126 e. The molecule has 3 heteroatoms. The van der Waals surface area contributed by atoms with Crippen LogP contribution in [0.3, 0.4) is 0 Å². The monoisotopic (exact) mass is 278 g/mol. The first-order valence-electron chi connectivity index (χ1n) is 7.20. The first kappa shape index (κ1) is 12.3. The molecule has 0 radical (unpaired) electrons. The minimum Gasteiger partial charge on any atom is -0.378 e. The highest BCUT2D eigenvalue weighted by atomic mass is 19.1. The van der Waals surface area contributed by atoms with Gasteiger partial charge in [-0.25, -0.2) is 4.39 Å². The van der Waals surface area contributed by atoms with Crippen LogP contribution in [0.2, 0.25) is 0 Å². The van der Waals surface area contributed by atoms with Crippen LogP contribution in [0.4, 0.5) is 10.1 Å². The molecule has 0 aliphatic heterocycles. The normalized spacial score (nSPS) is 16.9. The van der Waals surface area contributed by atoms with E-state index in [9.17, 15) is 4.39 Å². The van der Waals surface area contributed by atoms with E-state index >= 15 is 0 Å². The summed E-state index contributed by atoms with van der Waals surface area (Å²) in [4.78, 5) is 4.37. The fourth-order valence-corrected chi connectivity index (χ4v) is 3.18. The molecule has 1 atom stereocenters. The molecular weight excluding hydrogens is 263 g/mol. The molecule has 0 saturated carbocycles. The van der Waals surface area contributed by atoms with Crippen LogP contribution in [0, 0.1) is 5.82 Å². The summed E-state index contributed by atoms with van der Waals surface area (Å²) in [6.45, 7) is 0. The molecule has 21 heavy (non-hydrogen) atoms. The third kappa shape index (κ3) is 2.05. The molecule has 2 aromatic carbocycles. The van der Waals surface area contributed by atoms with Crippen molar-refractivity contribution in [3.05, 3.63) is 71.7 Å². The average molecular weight is 278 g/mol. The Hall–Kier alpha value is -2.42. The lowest BCUT2D eigenvalue weighted by Crippen LogP contribution is -2.07. The number of pyridine rings is 1. The molecule has 1 heterocycles. The standard InChI is InChI=1S/C18H15FN2/c19-15-6-1-4-13-12(15)9-10-18(13)21-17-8-2-7-16-14(17)5-3-11-20-16/h1-8,11,18,21H,9-10H2. The van der Waals surface area contributed by atoms with Crippen LogP contribution in [0.15, 0.2) is 54.7 Å². The molecule has 104 valence electrons. The molecule has 1 unspecified atom stereocenters. The van der Waals surface area contributed by atoms with Crippen LogP contribution >= 0.6 is 0 Å². The van der Waals surface area contributed by atoms with Crippen molar-refractivity contribution < 1.29 is 4.39 Å². The van der Waals surface area contributed by atoms with E-state index in [-0.39, 0.29) is 11.9 Å². The molecule has 4 rings (SSSR count). The Morgan fingerprint density at radius 2 is 1.95 bits per heavy atom. The highest BCUT2D eigenvalue weighted by molar-refractivity contribution is 5.91. The summed E-state index contributed by atoms with van der Waals surface area (Å²) >= 11 is 0. The van der Waals surface area contributed by atoms with Crippen molar-refractivity contribution in [1.29, 1.82) is 0 Å². The highest BCUT2D eigenvalue weighted by Gasteiger charge is 2.24. The lowest BCUT2D eigenvalue weighted by Gasteiger charge is -2.17. The smallest absolute Gasteiger partial charge is 0.126 e. The third-order valence-electron chi connectivity index (χ3n) is 4.19. The summed E-state index contributed by atoms with van der Waals surface area (Å²) in [5, 5.41) is 4.66. The van der Waals surface area contributed by atoms with Crippen molar-refractivity contribution in [3.63, 3.8) is 0 Å². The van der Waals surface area contributed by atoms with E-state index in [1.165, 1.54) is 0 Å². The highest BCUT2D eigenvalue weighted by Crippen LogP contribution is 2.36. The van der Waals surface area contributed by atoms with Gasteiger partial charge in [0.25, 0.3) is 0 Å². The van der Waals surface area contributed by atoms with Gasteiger partial charge in [0, 0.05) is 17.3 Å². The van der Waals surface area contributed by atoms with Crippen molar-refractivity contribution >= 4 is 16.6 Å². The van der Waals surface area contributed by atoms with Gasteiger partial charge in [0.2, 0.25) is 0 Å². The minimum atomic E-state index is -0.0867. The fourth-order valence-electron chi connectivity index (χ4n) is 3.18. The lowest BCUT2D eigenvalue weighted by atomic mass is 10.1. The number of aromatic nitrogens is 1. The SMILES string of the molecule is Fc1cccc2c1CCC2Nc1cccc2ncccc12. The predicted molar refractivity (Wildman–Crippen MR) is 82.8 cm³/mol. The number of rotatable bonds is 2. The summed E-state index contributed by atoms with van der Waals surface area (Å²) in [5.74, 6) is -0.0867. The maximum atomic E-state index is 13.8. The first-order chi connectivity index (χ1) is 10.3. The molecule has 1 aromatic heterocycles. The van der Waals surface area contributed by atoms with Crippen LogP contribution < -0.4 is 5.32 Å². The van der Waals surface area contributed by atoms with Gasteiger partial charge in [0.15, 0.2) is 0 Å². The van der Waals surface area contributed by atoms with Gasteiger partial charge in [0.1, 0.15) is 5.82 Å². The Kier molecular flexibility index (Phi) is 2.85. The van der Waals surface area contributed by atoms with Crippen molar-refractivity contribution in [3.8, 4) is 0 Å². The van der Waals surface area contributed by atoms with E-state index in [0.717, 1.165) is 40.6 Å². The third-order valence-corrected chi connectivity index (χ3v) is 4.19. The van der Waals surface area contributed by atoms with Gasteiger partial charge in [-0.15, -0.1) is 0 Å². The van der Waals surface area contributed by atoms with Gasteiger partial charge in [-0.3, -0.25) is 4.98 Å². The Balaban J connectivity index is 1.73. The molecule has 3 aromatic rings. The zero-order valence-electron chi connectivity index (χ0n) is 11.5. The van der Waals surface area contributed by atoms with E-state index in [1.54, 1.807) is 18.3 Å². The fraction of sp³-hybridized carbons (Fsp3) is 0.167. The average Bonchev–Trinajstić information content (AvgIpc) is 2.92. The van der Waals surface area contributed by atoms with Crippen molar-refractivity contribution in [1.82, 2.24) is 4.98 Å². The molecule has 0 spiro atoms. The second kappa shape index (κ2) is 4.85. The molecular formula is C18H15FN2. The second-order valence-electron chi connectivity index (χ2n) is 5.42. The maximum absolute atomic E-state index is 13.8. The minimum absolute atomic E-state index is 0.0867. The Morgan fingerprint density at radius 3 is 2.90 bits per heavy atom. The summed E-state index contributed by atoms with van der Waals surface area (Å²) in [6, 6.07) is 15.6. The van der Waals surface area contributed by atoms with E-state index < -0.39 is 0 Å². The number of halogens is 1.